The van der Waals surface area contributed by atoms with Crippen LogP contribution in [0.4, 0.5) is 13.2 Å². The van der Waals surface area contributed by atoms with Gasteiger partial charge in [-0.3, -0.25) is 0 Å². The zero-order valence-electron chi connectivity index (χ0n) is 18.2. The van der Waals surface area contributed by atoms with E-state index in [1.54, 1.807) is 6.92 Å². The first kappa shape index (κ1) is 23.2. The lowest BCUT2D eigenvalue weighted by Crippen LogP contribution is -2.33. The summed E-state index contributed by atoms with van der Waals surface area (Å²) >= 11 is 0. The maximum Gasteiger partial charge on any atom is 0.337 e. The molecule has 0 unspecified atom stereocenters. The molecular weight excluding hydrogens is 457 g/mol. The van der Waals surface area contributed by atoms with E-state index in [1.807, 2.05) is 0 Å². The zero-order valence-corrected chi connectivity index (χ0v) is 19.0. The van der Waals surface area contributed by atoms with Crippen LogP contribution in [0.25, 0.3) is 22.2 Å². The van der Waals surface area contributed by atoms with E-state index in [1.165, 1.54) is 36.5 Å². The van der Waals surface area contributed by atoms with Crippen LogP contribution in [-0.4, -0.2) is 43.4 Å². The number of carbonyl (C=O) groups excluding carboxylic acids is 1. The Bertz CT molecular complexity index is 1370. The van der Waals surface area contributed by atoms with Crippen LogP contribution >= 0.6 is 0 Å². The van der Waals surface area contributed by atoms with Gasteiger partial charge in [-0.2, -0.15) is 4.31 Å². The van der Waals surface area contributed by atoms with Gasteiger partial charge in [0.05, 0.1) is 28.6 Å². The number of hydrogen-bond donors (Lipinski definition) is 0. The molecule has 1 aliphatic heterocycles. The monoisotopic (exact) mass is 478 g/mol. The van der Waals surface area contributed by atoms with Gasteiger partial charge in [0.1, 0.15) is 17.3 Å². The average molecular weight is 478 g/mol. The number of esters is 1. The number of fused-ring (bicyclic) bond motifs is 1. The first-order chi connectivity index (χ1) is 15.6. The minimum atomic E-state index is -4.12. The van der Waals surface area contributed by atoms with Crippen molar-refractivity contribution in [2.75, 3.05) is 13.7 Å². The second-order valence-corrected chi connectivity index (χ2v) is 9.88. The lowest BCUT2D eigenvalue weighted by atomic mass is 10.0. The van der Waals surface area contributed by atoms with Crippen LogP contribution in [0, 0.1) is 24.4 Å². The predicted octanol–water partition coefficient (Wildman–Crippen LogP) is 4.59. The quantitative estimate of drug-likeness (QED) is 0.513. The van der Waals surface area contributed by atoms with Gasteiger partial charge in [0.2, 0.25) is 10.0 Å². The molecule has 2 heterocycles. The number of nitrogens with zero attached hydrogens (tertiary/aromatic N) is 2. The summed E-state index contributed by atoms with van der Waals surface area (Å²) in [5, 5.41) is 0.354. The van der Waals surface area contributed by atoms with Crippen molar-refractivity contribution in [3.05, 3.63) is 58.9 Å². The summed E-state index contributed by atoms with van der Waals surface area (Å²) in [5.74, 6) is -4.11. The Labute approximate surface area is 189 Å². The Morgan fingerprint density at radius 1 is 1.15 bits per heavy atom. The zero-order chi connectivity index (χ0) is 24.1. The molecule has 10 heteroatoms. The van der Waals surface area contributed by atoms with Gasteiger partial charge in [0.15, 0.2) is 5.82 Å². The summed E-state index contributed by atoms with van der Waals surface area (Å²) in [4.78, 5) is 15.4. The summed E-state index contributed by atoms with van der Waals surface area (Å²) in [7, 11) is -2.92. The minimum Gasteiger partial charge on any atom is -0.465 e. The number of methoxy groups -OCH3 is 1. The molecule has 0 spiro atoms. The van der Waals surface area contributed by atoms with E-state index in [0.717, 1.165) is 0 Å². The van der Waals surface area contributed by atoms with Crippen LogP contribution in [0.2, 0.25) is 0 Å². The fourth-order valence-electron chi connectivity index (χ4n) is 4.14. The summed E-state index contributed by atoms with van der Waals surface area (Å²) in [6.45, 7) is 3.41. The highest BCUT2D eigenvalue weighted by Gasteiger charge is 2.34. The fourth-order valence-corrected chi connectivity index (χ4v) is 5.87. The largest absolute Gasteiger partial charge is 0.465 e. The molecule has 6 nitrogen and oxygen atoms in total. The molecule has 33 heavy (non-hydrogen) atoms. The molecule has 0 radical (unpaired) electrons. The fraction of sp³-hybridized carbons (Fsp3) is 0.304. The molecule has 174 valence electrons. The maximum atomic E-state index is 15.1. The van der Waals surface area contributed by atoms with Crippen LogP contribution in [0.15, 0.2) is 35.2 Å². The van der Waals surface area contributed by atoms with Crippen LogP contribution in [-0.2, 0) is 14.8 Å². The van der Waals surface area contributed by atoms with Crippen LogP contribution in [0.3, 0.4) is 0 Å². The number of halogens is 3. The summed E-state index contributed by atoms with van der Waals surface area (Å²) < 4.78 is 76.9. The van der Waals surface area contributed by atoms with Crippen molar-refractivity contribution in [2.45, 2.75) is 37.6 Å². The summed E-state index contributed by atoms with van der Waals surface area (Å²) in [6.07, 6.45) is 1.31. The topological polar surface area (TPSA) is 76.6 Å². The third-order valence-corrected chi connectivity index (χ3v) is 7.93. The Hall–Kier alpha value is -2.98. The smallest absolute Gasteiger partial charge is 0.337 e. The second-order valence-electron chi connectivity index (χ2n) is 7.99. The van der Waals surface area contributed by atoms with Gasteiger partial charge in [-0.05, 0) is 56.5 Å². The Morgan fingerprint density at radius 2 is 1.82 bits per heavy atom. The second kappa shape index (κ2) is 8.42. The number of carbonyl (C=O) groups is 1. The van der Waals surface area contributed by atoms with Gasteiger partial charge < -0.3 is 4.74 Å². The lowest BCUT2D eigenvalue weighted by molar-refractivity contribution is 0.0601. The van der Waals surface area contributed by atoms with E-state index in [2.05, 4.69) is 9.72 Å². The number of rotatable bonds is 4. The van der Waals surface area contributed by atoms with Crippen molar-refractivity contribution in [1.29, 1.82) is 0 Å². The van der Waals surface area contributed by atoms with Crippen molar-refractivity contribution in [3.63, 3.8) is 0 Å². The first-order valence-corrected chi connectivity index (χ1v) is 11.7. The first-order valence-electron chi connectivity index (χ1n) is 10.3. The molecule has 3 aromatic rings. The molecule has 1 saturated heterocycles. The third kappa shape index (κ3) is 3.87. The van der Waals surface area contributed by atoms with Crippen LogP contribution in [0.5, 0.6) is 0 Å². The van der Waals surface area contributed by atoms with Gasteiger partial charge in [0.25, 0.3) is 0 Å². The van der Waals surface area contributed by atoms with Gasteiger partial charge >= 0.3 is 5.97 Å². The number of aromatic nitrogens is 1. The number of aryl methyl sites for hydroxylation is 1. The summed E-state index contributed by atoms with van der Waals surface area (Å²) in [6, 6.07) is 5.32. The lowest BCUT2D eigenvalue weighted by Gasteiger charge is -2.21. The number of pyridine rings is 1. The van der Waals surface area contributed by atoms with Gasteiger partial charge in [-0.25, -0.2) is 31.4 Å². The van der Waals surface area contributed by atoms with E-state index < -0.39 is 49.6 Å². The number of hydrogen-bond acceptors (Lipinski definition) is 5. The van der Waals surface area contributed by atoms with Gasteiger partial charge in [-0.1, -0.05) is 6.07 Å². The normalized spacial score (nSPS) is 17.0. The molecule has 0 bridgehead atoms. The van der Waals surface area contributed by atoms with Crippen molar-refractivity contribution < 1.29 is 31.1 Å². The molecule has 2 aromatic carbocycles. The molecule has 1 aliphatic rings. The van der Waals surface area contributed by atoms with E-state index in [0.29, 0.717) is 30.4 Å². The highest BCUT2D eigenvalue weighted by molar-refractivity contribution is 7.89. The number of benzene rings is 2. The molecule has 0 N–H and O–H groups in total. The van der Waals surface area contributed by atoms with E-state index in [9.17, 15) is 13.2 Å². The molecule has 0 aliphatic carbocycles. The highest BCUT2D eigenvalue weighted by atomic mass is 32.2. The Balaban J connectivity index is 1.87. The van der Waals surface area contributed by atoms with Gasteiger partial charge in [0, 0.05) is 18.0 Å². The maximum absolute atomic E-state index is 15.1. The van der Waals surface area contributed by atoms with Crippen molar-refractivity contribution in [3.8, 4) is 11.3 Å². The molecule has 1 atom stereocenters. The Morgan fingerprint density at radius 3 is 2.39 bits per heavy atom. The van der Waals surface area contributed by atoms with Crippen molar-refractivity contribution in [2.24, 2.45) is 0 Å². The van der Waals surface area contributed by atoms with E-state index in [-0.39, 0.29) is 29.2 Å². The predicted molar refractivity (Wildman–Crippen MR) is 116 cm³/mol. The molecule has 1 fully saturated rings. The van der Waals surface area contributed by atoms with E-state index in [4.69, 9.17) is 0 Å². The molecule has 1 aromatic heterocycles. The van der Waals surface area contributed by atoms with Crippen molar-refractivity contribution in [1.82, 2.24) is 9.29 Å². The van der Waals surface area contributed by atoms with Gasteiger partial charge in [-0.15, -0.1) is 0 Å². The molecule has 0 amide bonds. The number of ether oxygens (including phenoxy) is 1. The Kier molecular flexibility index (Phi) is 5.92. The average Bonchev–Trinajstić information content (AvgIpc) is 3.22. The van der Waals surface area contributed by atoms with Crippen LogP contribution in [0.1, 0.15) is 35.7 Å². The molecule has 0 saturated carbocycles. The minimum absolute atomic E-state index is 0.0767. The standard InChI is InChI=1S/C23H21F3N2O4S/c1-12-5-4-8-28(12)33(30,31)15-10-17(24)20(18(25)11-15)22-21(26)13(2)16-7-6-14(23(29)32-3)9-19(16)27-22/h6-7,9-12H,4-5,8H2,1-3H3/t12-/m0/s1. The highest BCUT2D eigenvalue weighted by Crippen LogP contribution is 2.35. The third-order valence-electron chi connectivity index (χ3n) is 5.94. The molecular formula is C23H21F3N2O4S. The molecule has 4 rings (SSSR count). The van der Waals surface area contributed by atoms with Crippen molar-refractivity contribution >= 4 is 26.9 Å². The summed E-state index contributed by atoms with van der Waals surface area (Å²) in [5.41, 5.74) is -1.05. The van der Waals surface area contributed by atoms with E-state index >= 15 is 13.2 Å². The van der Waals surface area contributed by atoms with Crippen LogP contribution < -0.4 is 0 Å². The number of sulfonamides is 1. The SMILES string of the molecule is COC(=O)c1ccc2c(C)c(F)c(-c3c(F)cc(S(=O)(=O)N4CCC[C@@H]4C)cc3F)nc2c1.